The van der Waals surface area contributed by atoms with Crippen LogP contribution in [0.15, 0.2) is 60.2 Å². The molecule has 0 saturated heterocycles. The van der Waals surface area contributed by atoms with Crippen LogP contribution in [-0.2, 0) is 4.79 Å². The number of carbonyl (C=O) groups excluding carboxylic acids is 2. The standard InChI is InChI=1S/C23H26N2O3/c1-2-28-21-14-12-20(13-15-21)25-23(27)18-8-10-19(11-9-18)24-22(26)16-17-6-4-3-5-7-17/h8-16H,2-7H2,1H3,(H,24,26)(H,25,27). The number of ether oxygens (including phenoxy) is 1. The molecule has 0 atom stereocenters. The Morgan fingerprint density at radius 2 is 1.50 bits per heavy atom. The van der Waals surface area contributed by atoms with Gasteiger partial charge in [0.1, 0.15) is 5.75 Å². The molecule has 0 bridgehead atoms. The molecule has 0 radical (unpaired) electrons. The number of hydrogen-bond donors (Lipinski definition) is 2. The number of benzene rings is 2. The molecule has 1 saturated carbocycles. The number of nitrogens with one attached hydrogen (secondary N) is 2. The van der Waals surface area contributed by atoms with Gasteiger partial charge in [0.05, 0.1) is 6.61 Å². The molecule has 0 aliphatic heterocycles. The van der Waals surface area contributed by atoms with Crippen LogP contribution >= 0.6 is 0 Å². The van der Waals surface area contributed by atoms with Crippen molar-refractivity contribution < 1.29 is 14.3 Å². The van der Waals surface area contributed by atoms with Crippen molar-refractivity contribution in [3.63, 3.8) is 0 Å². The molecule has 0 unspecified atom stereocenters. The summed E-state index contributed by atoms with van der Waals surface area (Å²) < 4.78 is 5.39. The average molecular weight is 378 g/mol. The summed E-state index contributed by atoms with van der Waals surface area (Å²) >= 11 is 0. The van der Waals surface area contributed by atoms with Crippen LogP contribution in [0.5, 0.6) is 5.75 Å². The lowest BCUT2D eigenvalue weighted by molar-refractivity contribution is -0.112. The first-order valence-electron chi connectivity index (χ1n) is 9.79. The molecule has 3 rings (SSSR count). The number of allylic oxidation sites excluding steroid dienone is 1. The van der Waals surface area contributed by atoms with Crippen LogP contribution in [0.3, 0.4) is 0 Å². The SMILES string of the molecule is CCOc1ccc(NC(=O)c2ccc(NC(=O)C=C3CCCCC3)cc2)cc1. The minimum absolute atomic E-state index is 0.108. The second-order valence-electron chi connectivity index (χ2n) is 6.84. The highest BCUT2D eigenvalue weighted by Crippen LogP contribution is 2.23. The van der Waals surface area contributed by atoms with Crippen molar-refractivity contribution in [2.24, 2.45) is 0 Å². The summed E-state index contributed by atoms with van der Waals surface area (Å²) in [6.45, 7) is 2.53. The van der Waals surface area contributed by atoms with Gasteiger partial charge in [0.25, 0.3) is 5.91 Å². The van der Waals surface area contributed by atoms with E-state index < -0.39 is 0 Å². The van der Waals surface area contributed by atoms with Gasteiger partial charge < -0.3 is 15.4 Å². The van der Waals surface area contributed by atoms with Crippen LogP contribution in [-0.4, -0.2) is 18.4 Å². The van der Waals surface area contributed by atoms with E-state index in [1.807, 2.05) is 19.1 Å². The van der Waals surface area contributed by atoms with Crippen LogP contribution in [0.2, 0.25) is 0 Å². The van der Waals surface area contributed by atoms with Gasteiger partial charge in [0.15, 0.2) is 0 Å². The quantitative estimate of drug-likeness (QED) is 0.682. The Morgan fingerprint density at radius 3 is 2.14 bits per heavy atom. The largest absolute Gasteiger partial charge is 0.494 e. The molecule has 1 fully saturated rings. The van der Waals surface area contributed by atoms with Crippen molar-refractivity contribution in [1.82, 2.24) is 0 Å². The number of carbonyl (C=O) groups is 2. The third-order valence-electron chi connectivity index (χ3n) is 4.67. The number of rotatable bonds is 6. The highest BCUT2D eigenvalue weighted by atomic mass is 16.5. The Hall–Kier alpha value is -3.08. The lowest BCUT2D eigenvalue weighted by atomic mass is 9.94. The molecule has 2 aromatic carbocycles. The topological polar surface area (TPSA) is 67.4 Å². The molecule has 0 heterocycles. The summed E-state index contributed by atoms with van der Waals surface area (Å²) in [4.78, 5) is 24.5. The van der Waals surface area contributed by atoms with Crippen molar-refractivity contribution in [3.8, 4) is 5.75 Å². The molecule has 0 spiro atoms. The van der Waals surface area contributed by atoms with Gasteiger partial charge in [-0.15, -0.1) is 0 Å². The summed E-state index contributed by atoms with van der Waals surface area (Å²) in [5.41, 5.74) is 3.12. The zero-order valence-electron chi connectivity index (χ0n) is 16.2. The van der Waals surface area contributed by atoms with E-state index in [0.717, 1.165) is 31.4 Å². The fraction of sp³-hybridized carbons (Fsp3) is 0.304. The fourth-order valence-corrected chi connectivity index (χ4v) is 3.22. The van der Waals surface area contributed by atoms with Gasteiger partial charge >= 0.3 is 0 Å². The highest BCUT2D eigenvalue weighted by Gasteiger charge is 2.09. The molecule has 5 heteroatoms. The number of hydrogen-bond acceptors (Lipinski definition) is 3. The van der Waals surface area contributed by atoms with Gasteiger partial charge in [-0.25, -0.2) is 0 Å². The highest BCUT2D eigenvalue weighted by molar-refractivity contribution is 6.05. The molecular formula is C23H26N2O3. The van der Waals surface area contributed by atoms with E-state index in [4.69, 9.17) is 4.74 Å². The molecule has 5 nitrogen and oxygen atoms in total. The maximum Gasteiger partial charge on any atom is 0.255 e. The second-order valence-corrected chi connectivity index (χ2v) is 6.84. The van der Waals surface area contributed by atoms with Crippen molar-refractivity contribution in [2.45, 2.75) is 39.0 Å². The smallest absolute Gasteiger partial charge is 0.255 e. The number of anilines is 2. The molecule has 2 N–H and O–H groups in total. The molecule has 146 valence electrons. The third kappa shape index (κ3) is 5.71. The van der Waals surface area contributed by atoms with Gasteiger partial charge in [0.2, 0.25) is 5.91 Å². The van der Waals surface area contributed by atoms with E-state index in [9.17, 15) is 9.59 Å². The summed E-state index contributed by atoms with van der Waals surface area (Å²) in [7, 11) is 0. The van der Waals surface area contributed by atoms with Crippen LogP contribution in [0, 0.1) is 0 Å². The molecule has 0 aromatic heterocycles. The third-order valence-corrected chi connectivity index (χ3v) is 4.67. The van der Waals surface area contributed by atoms with Gasteiger partial charge in [-0.2, -0.15) is 0 Å². The molecule has 1 aliphatic carbocycles. The van der Waals surface area contributed by atoms with E-state index in [0.29, 0.717) is 23.5 Å². The zero-order valence-corrected chi connectivity index (χ0v) is 16.2. The Bertz CT molecular complexity index is 831. The van der Waals surface area contributed by atoms with Crippen LogP contribution in [0.4, 0.5) is 11.4 Å². The Labute approximate surface area is 165 Å². The zero-order chi connectivity index (χ0) is 19.8. The average Bonchev–Trinajstić information content (AvgIpc) is 2.71. The first-order chi connectivity index (χ1) is 13.6. The molecule has 1 aliphatic rings. The Balaban J connectivity index is 1.55. The van der Waals surface area contributed by atoms with Gasteiger partial charge in [-0.1, -0.05) is 12.0 Å². The lowest BCUT2D eigenvalue weighted by Crippen LogP contribution is -2.13. The maximum absolute atomic E-state index is 12.4. The van der Waals surface area contributed by atoms with Crippen LogP contribution in [0.1, 0.15) is 49.4 Å². The van der Waals surface area contributed by atoms with Gasteiger partial charge in [0, 0.05) is 23.0 Å². The maximum atomic E-state index is 12.4. The Kier molecular flexibility index (Phi) is 6.84. The summed E-state index contributed by atoms with van der Waals surface area (Å²) in [5.74, 6) is 0.457. The predicted molar refractivity (Wildman–Crippen MR) is 112 cm³/mol. The van der Waals surface area contributed by atoms with Gasteiger partial charge in [-0.05, 0) is 81.1 Å². The minimum Gasteiger partial charge on any atom is -0.494 e. The molecule has 28 heavy (non-hydrogen) atoms. The van der Waals surface area contributed by atoms with E-state index in [1.165, 1.54) is 12.0 Å². The van der Waals surface area contributed by atoms with Crippen LogP contribution < -0.4 is 15.4 Å². The van der Waals surface area contributed by atoms with Crippen molar-refractivity contribution >= 4 is 23.2 Å². The Morgan fingerprint density at radius 1 is 0.893 bits per heavy atom. The number of amides is 2. The van der Waals surface area contributed by atoms with E-state index >= 15 is 0 Å². The van der Waals surface area contributed by atoms with Crippen molar-refractivity contribution in [1.29, 1.82) is 0 Å². The summed E-state index contributed by atoms with van der Waals surface area (Å²) in [6.07, 6.45) is 7.32. The monoisotopic (exact) mass is 378 g/mol. The van der Waals surface area contributed by atoms with E-state index in [1.54, 1.807) is 42.5 Å². The van der Waals surface area contributed by atoms with Crippen molar-refractivity contribution in [3.05, 3.63) is 65.7 Å². The fourth-order valence-electron chi connectivity index (χ4n) is 3.22. The molecule has 2 aromatic rings. The second kappa shape index (κ2) is 9.74. The molecule has 2 amide bonds. The van der Waals surface area contributed by atoms with Crippen LogP contribution in [0.25, 0.3) is 0 Å². The lowest BCUT2D eigenvalue weighted by Gasteiger charge is -2.13. The van der Waals surface area contributed by atoms with Gasteiger partial charge in [-0.3, -0.25) is 9.59 Å². The van der Waals surface area contributed by atoms with E-state index in [-0.39, 0.29) is 11.8 Å². The predicted octanol–water partition coefficient (Wildman–Crippen LogP) is 5.17. The van der Waals surface area contributed by atoms with Crippen molar-refractivity contribution in [2.75, 3.05) is 17.2 Å². The summed E-state index contributed by atoms with van der Waals surface area (Å²) in [5, 5.41) is 5.71. The summed E-state index contributed by atoms with van der Waals surface area (Å²) in [6, 6.07) is 14.1. The first kappa shape index (κ1) is 19.7. The van der Waals surface area contributed by atoms with E-state index in [2.05, 4.69) is 10.6 Å². The normalized spacial score (nSPS) is 13.5. The minimum atomic E-state index is -0.202. The molecular weight excluding hydrogens is 352 g/mol. The first-order valence-corrected chi connectivity index (χ1v) is 9.79.